The van der Waals surface area contributed by atoms with Crippen molar-refractivity contribution in [1.29, 1.82) is 0 Å². The molecule has 124 valence electrons. The summed E-state index contributed by atoms with van der Waals surface area (Å²) in [5, 5.41) is 3.11. The van der Waals surface area contributed by atoms with E-state index in [0.29, 0.717) is 16.7 Å². The smallest absolute Gasteiger partial charge is 0.406 e. The summed E-state index contributed by atoms with van der Waals surface area (Å²) in [4.78, 5) is 0.739. The van der Waals surface area contributed by atoms with Gasteiger partial charge in [-0.05, 0) is 51.8 Å². The summed E-state index contributed by atoms with van der Waals surface area (Å²) in [7, 11) is -1.03. The maximum Gasteiger partial charge on any atom is 0.573 e. The fourth-order valence-corrected chi connectivity index (χ4v) is 2.85. The van der Waals surface area contributed by atoms with E-state index < -0.39 is 17.2 Å². The monoisotopic (exact) mass is 407 g/mol. The summed E-state index contributed by atoms with van der Waals surface area (Å²) in [5.41, 5.74) is 1.60. The van der Waals surface area contributed by atoms with E-state index in [-0.39, 0.29) is 5.75 Å². The SMILES string of the molecule is CS(=O)c1ccc(CNc2ccc(OC(F)(F)F)cc2Br)cc1. The van der Waals surface area contributed by atoms with Crippen molar-refractivity contribution in [2.45, 2.75) is 17.8 Å². The van der Waals surface area contributed by atoms with Crippen LogP contribution in [0.4, 0.5) is 18.9 Å². The van der Waals surface area contributed by atoms with Gasteiger partial charge in [0.25, 0.3) is 0 Å². The first kappa shape index (κ1) is 17.8. The zero-order valence-corrected chi connectivity index (χ0v) is 14.4. The molecule has 0 spiro atoms. The van der Waals surface area contributed by atoms with Crippen LogP contribution in [0.15, 0.2) is 51.8 Å². The summed E-state index contributed by atoms with van der Waals surface area (Å²) < 4.78 is 52.1. The molecule has 1 N–H and O–H groups in total. The summed E-state index contributed by atoms with van der Waals surface area (Å²) in [5.74, 6) is -0.287. The summed E-state index contributed by atoms with van der Waals surface area (Å²) in [6.45, 7) is 0.481. The molecule has 2 rings (SSSR count). The normalized spacial score (nSPS) is 12.7. The highest BCUT2D eigenvalue weighted by molar-refractivity contribution is 9.10. The highest BCUT2D eigenvalue weighted by atomic mass is 79.9. The average Bonchev–Trinajstić information content (AvgIpc) is 2.45. The molecule has 0 aliphatic carbocycles. The van der Waals surface area contributed by atoms with Crippen LogP contribution in [-0.4, -0.2) is 16.8 Å². The molecule has 0 aliphatic heterocycles. The van der Waals surface area contributed by atoms with Crippen molar-refractivity contribution in [3.8, 4) is 5.75 Å². The predicted octanol–water partition coefficient (Wildman–Crippen LogP) is 4.70. The number of halogens is 4. The topological polar surface area (TPSA) is 38.3 Å². The molecule has 1 unspecified atom stereocenters. The van der Waals surface area contributed by atoms with E-state index in [1.165, 1.54) is 18.2 Å². The second kappa shape index (κ2) is 7.35. The summed E-state index contributed by atoms with van der Waals surface area (Å²) >= 11 is 3.21. The maximum atomic E-state index is 12.2. The van der Waals surface area contributed by atoms with Gasteiger partial charge in [-0.25, -0.2) is 0 Å². The molecule has 8 heteroatoms. The molecule has 0 amide bonds. The van der Waals surface area contributed by atoms with Gasteiger partial charge in [0, 0.05) is 38.7 Å². The van der Waals surface area contributed by atoms with Crippen LogP contribution in [0.25, 0.3) is 0 Å². The van der Waals surface area contributed by atoms with Crippen molar-refractivity contribution in [2.75, 3.05) is 11.6 Å². The van der Waals surface area contributed by atoms with E-state index in [1.807, 2.05) is 12.1 Å². The van der Waals surface area contributed by atoms with Crippen LogP contribution in [0, 0.1) is 0 Å². The Balaban J connectivity index is 2.01. The fraction of sp³-hybridized carbons (Fsp3) is 0.200. The van der Waals surface area contributed by atoms with Crippen LogP contribution in [0.5, 0.6) is 5.75 Å². The van der Waals surface area contributed by atoms with Gasteiger partial charge < -0.3 is 10.1 Å². The van der Waals surface area contributed by atoms with Crippen molar-refractivity contribution in [2.24, 2.45) is 0 Å². The minimum Gasteiger partial charge on any atom is -0.406 e. The highest BCUT2D eigenvalue weighted by Gasteiger charge is 2.31. The first-order chi connectivity index (χ1) is 10.7. The van der Waals surface area contributed by atoms with E-state index in [0.717, 1.165) is 10.5 Å². The number of alkyl halides is 3. The van der Waals surface area contributed by atoms with Crippen LogP contribution in [0.2, 0.25) is 0 Å². The van der Waals surface area contributed by atoms with Gasteiger partial charge in [-0.1, -0.05) is 12.1 Å². The lowest BCUT2D eigenvalue weighted by molar-refractivity contribution is -0.274. The van der Waals surface area contributed by atoms with Crippen LogP contribution in [0.1, 0.15) is 5.56 Å². The van der Waals surface area contributed by atoms with Gasteiger partial charge in [-0.3, -0.25) is 4.21 Å². The molecule has 0 saturated carbocycles. The van der Waals surface area contributed by atoms with Gasteiger partial charge in [0.05, 0.1) is 0 Å². The van der Waals surface area contributed by atoms with Gasteiger partial charge in [0.2, 0.25) is 0 Å². The number of benzene rings is 2. The van der Waals surface area contributed by atoms with E-state index in [2.05, 4.69) is 26.0 Å². The fourth-order valence-electron chi connectivity index (χ4n) is 1.83. The van der Waals surface area contributed by atoms with E-state index in [4.69, 9.17) is 0 Å². The maximum absolute atomic E-state index is 12.2. The molecule has 0 aliphatic rings. The Morgan fingerprint density at radius 1 is 1.17 bits per heavy atom. The largest absolute Gasteiger partial charge is 0.573 e. The minimum atomic E-state index is -4.71. The Bertz CT molecular complexity index is 705. The number of anilines is 1. The minimum absolute atomic E-state index is 0.287. The van der Waals surface area contributed by atoms with E-state index in [1.54, 1.807) is 18.4 Å². The third-order valence-corrected chi connectivity index (χ3v) is 4.50. The van der Waals surface area contributed by atoms with Crippen molar-refractivity contribution in [1.82, 2.24) is 0 Å². The Morgan fingerprint density at radius 2 is 1.83 bits per heavy atom. The van der Waals surface area contributed by atoms with Crippen molar-refractivity contribution in [3.63, 3.8) is 0 Å². The number of hydrogen-bond donors (Lipinski definition) is 1. The molecule has 1 atom stereocenters. The number of ether oxygens (including phenoxy) is 1. The van der Waals surface area contributed by atoms with Crippen LogP contribution >= 0.6 is 15.9 Å². The predicted molar refractivity (Wildman–Crippen MR) is 86.9 cm³/mol. The van der Waals surface area contributed by atoms with Crippen LogP contribution in [-0.2, 0) is 17.3 Å². The van der Waals surface area contributed by atoms with Crippen LogP contribution in [0.3, 0.4) is 0 Å². The number of nitrogens with one attached hydrogen (secondary N) is 1. The van der Waals surface area contributed by atoms with Crippen molar-refractivity contribution in [3.05, 3.63) is 52.5 Å². The van der Waals surface area contributed by atoms with Gasteiger partial charge in [-0.2, -0.15) is 0 Å². The molecule has 0 saturated heterocycles. The molecule has 0 fully saturated rings. The molecule has 0 aromatic heterocycles. The zero-order valence-electron chi connectivity index (χ0n) is 12.0. The molecule has 0 heterocycles. The Labute approximate surface area is 142 Å². The van der Waals surface area contributed by atoms with Gasteiger partial charge in [0.1, 0.15) is 5.75 Å². The molecule has 0 bridgehead atoms. The lowest BCUT2D eigenvalue weighted by atomic mass is 10.2. The summed E-state index contributed by atoms with van der Waals surface area (Å²) in [6.07, 6.45) is -3.11. The molecular weight excluding hydrogens is 395 g/mol. The molecule has 2 aromatic rings. The highest BCUT2D eigenvalue weighted by Crippen LogP contribution is 2.30. The molecule has 2 aromatic carbocycles. The average molecular weight is 408 g/mol. The first-order valence-electron chi connectivity index (χ1n) is 6.46. The Hall–Kier alpha value is -1.54. The van der Waals surface area contributed by atoms with E-state index >= 15 is 0 Å². The molecule has 23 heavy (non-hydrogen) atoms. The van der Waals surface area contributed by atoms with Gasteiger partial charge in [0.15, 0.2) is 0 Å². The van der Waals surface area contributed by atoms with Gasteiger partial charge >= 0.3 is 6.36 Å². The number of hydrogen-bond acceptors (Lipinski definition) is 3. The third-order valence-electron chi connectivity index (χ3n) is 2.91. The summed E-state index contributed by atoms with van der Waals surface area (Å²) in [6, 6.07) is 11.2. The Morgan fingerprint density at radius 3 is 2.35 bits per heavy atom. The second-order valence-electron chi connectivity index (χ2n) is 4.64. The molecular formula is C15H13BrF3NO2S. The lowest BCUT2D eigenvalue weighted by Gasteiger charge is -2.12. The lowest BCUT2D eigenvalue weighted by Crippen LogP contribution is -2.17. The first-order valence-corrected chi connectivity index (χ1v) is 8.81. The van der Waals surface area contributed by atoms with Crippen molar-refractivity contribution >= 4 is 32.4 Å². The van der Waals surface area contributed by atoms with Crippen molar-refractivity contribution < 1.29 is 22.1 Å². The number of rotatable bonds is 5. The Kier molecular flexibility index (Phi) is 5.69. The van der Waals surface area contributed by atoms with E-state index in [9.17, 15) is 17.4 Å². The quantitative estimate of drug-likeness (QED) is 0.780. The van der Waals surface area contributed by atoms with Crippen LogP contribution < -0.4 is 10.1 Å². The molecule has 3 nitrogen and oxygen atoms in total. The van der Waals surface area contributed by atoms with Gasteiger partial charge in [-0.15, -0.1) is 13.2 Å². The standard InChI is InChI=1S/C15H13BrF3NO2S/c1-23(21)12-5-2-10(3-6-12)9-20-14-7-4-11(8-13(14)16)22-15(17,18)19/h2-8,20H,9H2,1H3. The third kappa shape index (κ3) is 5.54. The second-order valence-corrected chi connectivity index (χ2v) is 6.88. The molecule has 0 radical (unpaired) electrons. The zero-order chi connectivity index (χ0) is 17.0.